The van der Waals surface area contributed by atoms with E-state index < -0.39 is 0 Å². The van der Waals surface area contributed by atoms with Gasteiger partial charge in [-0.05, 0) is 55.0 Å². The molecule has 6 heteroatoms. The molecule has 1 aliphatic rings. The Hall–Kier alpha value is -2.76. The lowest BCUT2D eigenvalue weighted by atomic mass is 10.1. The molecule has 1 saturated carbocycles. The molecule has 1 aliphatic carbocycles. The van der Waals surface area contributed by atoms with E-state index in [4.69, 9.17) is 4.74 Å². The van der Waals surface area contributed by atoms with Gasteiger partial charge in [0.2, 0.25) is 0 Å². The van der Waals surface area contributed by atoms with Gasteiger partial charge in [0.1, 0.15) is 11.6 Å². The van der Waals surface area contributed by atoms with Crippen molar-refractivity contribution >= 4 is 11.8 Å². The average Bonchev–Trinajstić information content (AvgIpc) is 3.52. The quantitative estimate of drug-likeness (QED) is 0.543. The minimum absolute atomic E-state index is 0.666. The Morgan fingerprint density at radius 2 is 1.96 bits per heavy atom. The molecule has 2 aromatic rings. The zero-order valence-corrected chi connectivity index (χ0v) is 17.3. The summed E-state index contributed by atoms with van der Waals surface area (Å²) in [5, 5.41) is 6.75. The maximum absolute atomic E-state index is 6.06. The van der Waals surface area contributed by atoms with E-state index in [9.17, 15) is 0 Å². The third-order valence-corrected chi connectivity index (χ3v) is 4.79. The molecule has 0 unspecified atom stereocenters. The van der Waals surface area contributed by atoms with Crippen LogP contribution >= 0.6 is 0 Å². The number of aromatic nitrogens is 1. The van der Waals surface area contributed by atoms with Crippen LogP contribution in [0.15, 0.2) is 41.5 Å². The maximum atomic E-state index is 6.06. The Kier molecular flexibility index (Phi) is 6.74. The predicted octanol–water partition coefficient (Wildman–Crippen LogP) is 3.11. The molecule has 0 aliphatic heterocycles. The lowest BCUT2D eigenvalue weighted by Gasteiger charge is -2.16. The molecule has 6 nitrogen and oxygen atoms in total. The van der Waals surface area contributed by atoms with Crippen molar-refractivity contribution in [2.45, 2.75) is 32.9 Å². The first-order valence-electron chi connectivity index (χ1n) is 9.84. The van der Waals surface area contributed by atoms with E-state index in [1.807, 2.05) is 31.3 Å². The first kappa shape index (κ1) is 20.0. The van der Waals surface area contributed by atoms with Gasteiger partial charge in [0, 0.05) is 46.0 Å². The van der Waals surface area contributed by atoms with Crippen LogP contribution in [0, 0.1) is 12.8 Å². The van der Waals surface area contributed by atoms with Crippen molar-refractivity contribution in [2.75, 3.05) is 32.6 Å². The summed E-state index contributed by atoms with van der Waals surface area (Å²) < 4.78 is 6.06. The molecule has 150 valence electrons. The zero-order chi connectivity index (χ0) is 19.9. The number of benzene rings is 1. The van der Waals surface area contributed by atoms with E-state index in [0.717, 1.165) is 41.2 Å². The van der Waals surface area contributed by atoms with Gasteiger partial charge in [-0.25, -0.2) is 4.98 Å². The molecule has 0 radical (unpaired) electrons. The molecule has 1 aromatic carbocycles. The van der Waals surface area contributed by atoms with E-state index in [1.165, 1.54) is 18.4 Å². The first-order chi connectivity index (χ1) is 13.5. The summed E-state index contributed by atoms with van der Waals surface area (Å²) in [5.74, 6) is 3.42. The summed E-state index contributed by atoms with van der Waals surface area (Å²) in [6.07, 6.45) is 4.42. The molecule has 1 aromatic heterocycles. The van der Waals surface area contributed by atoms with Crippen LogP contribution in [0.1, 0.15) is 29.5 Å². The van der Waals surface area contributed by atoms with Crippen LogP contribution in [-0.2, 0) is 13.1 Å². The highest BCUT2D eigenvalue weighted by molar-refractivity contribution is 5.79. The maximum Gasteiger partial charge on any atom is 0.191 e. The molecular formula is C22H31N5O. The van der Waals surface area contributed by atoms with Crippen molar-refractivity contribution < 1.29 is 4.74 Å². The fraction of sp³-hybridized carbons (Fsp3) is 0.455. The summed E-state index contributed by atoms with van der Waals surface area (Å²) in [6, 6.07) is 10.5. The molecule has 3 rings (SSSR count). The highest BCUT2D eigenvalue weighted by Gasteiger charge is 2.22. The molecule has 28 heavy (non-hydrogen) atoms. The minimum Gasteiger partial charge on any atom is -0.493 e. The van der Waals surface area contributed by atoms with Gasteiger partial charge in [-0.2, -0.15) is 0 Å². The number of nitrogens with one attached hydrogen (secondary N) is 2. The lowest BCUT2D eigenvalue weighted by molar-refractivity contribution is 0.296. The predicted molar refractivity (Wildman–Crippen MR) is 115 cm³/mol. The molecule has 0 bridgehead atoms. The molecule has 0 atom stereocenters. The molecule has 1 fully saturated rings. The number of nitrogens with zero attached hydrogens (tertiary/aromatic N) is 3. The smallest absolute Gasteiger partial charge is 0.191 e. The number of aryl methyl sites for hydroxylation is 1. The van der Waals surface area contributed by atoms with Crippen molar-refractivity contribution in [3.05, 3.63) is 53.2 Å². The Bertz CT molecular complexity index is 814. The Labute approximate surface area is 168 Å². The number of rotatable bonds is 8. The highest BCUT2D eigenvalue weighted by Crippen LogP contribution is 2.30. The second-order valence-corrected chi connectivity index (χ2v) is 7.56. The molecule has 2 N–H and O–H groups in total. The summed E-state index contributed by atoms with van der Waals surface area (Å²) in [4.78, 5) is 10.7. The molecular weight excluding hydrogens is 350 g/mol. The van der Waals surface area contributed by atoms with Crippen LogP contribution < -0.4 is 20.3 Å². The van der Waals surface area contributed by atoms with Crippen LogP contribution in [0.3, 0.4) is 0 Å². The summed E-state index contributed by atoms with van der Waals surface area (Å²) in [6.45, 7) is 4.26. The van der Waals surface area contributed by atoms with Crippen molar-refractivity contribution in [2.24, 2.45) is 10.9 Å². The third kappa shape index (κ3) is 5.87. The number of pyridine rings is 1. The monoisotopic (exact) mass is 381 g/mol. The Morgan fingerprint density at radius 1 is 1.18 bits per heavy atom. The Morgan fingerprint density at radius 3 is 2.68 bits per heavy atom. The minimum atomic E-state index is 0.666. The number of aliphatic imine (C=N–C) groups is 1. The number of anilines is 1. The van der Waals surface area contributed by atoms with Gasteiger partial charge in [-0.1, -0.05) is 12.1 Å². The van der Waals surface area contributed by atoms with Crippen LogP contribution in [0.4, 0.5) is 5.82 Å². The molecule has 1 heterocycles. The van der Waals surface area contributed by atoms with E-state index in [1.54, 1.807) is 7.05 Å². The van der Waals surface area contributed by atoms with Gasteiger partial charge in [0.25, 0.3) is 0 Å². The second-order valence-electron chi connectivity index (χ2n) is 7.56. The fourth-order valence-electron chi connectivity index (χ4n) is 2.83. The highest BCUT2D eigenvalue weighted by atomic mass is 16.5. The van der Waals surface area contributed by atoms with Crippen molar-refractivity contribution in [1.29, 1.82) is 0 Å². The molecule has 0 spiro atoms. The summed E-state index contributed by atoms with van der Waals surface area (Å²) in [5.41, 5.74) is 3.52. The van der Waals surface area contributed by atoms with Gasteiger partial charge in [-0.3, -0.25) is 4.99 Å². The largest absolute Gasteiger partial charge is 0.493 e. The Balaban J connectivity index is 1.56. The van der Waals surface area contributed by atoms with E-state index in [0.29, 0.717) is 13.1 Å². The van der Waals surface area contributed by atoms with Gasteiger partial charge >= 0.3 is 0 Å². The summed E-state index contributed by atoms with van der Waals surface area (Å²) >= 11 is 0. The van der Waals surface area contributed by atoms with Crippen molar-refractivity contribution in [3.63, 3.8) is 0 Å². The standard InChI is InChI=1S/C22H31N5O/c1-16-5-8-19(20(11-16)28-15-17-6-7-17)14-26-22(23-2)25-13-18-9-10-24-21(12-18)27(3)4/h5,8-12,17H,6-7,13-15H2,1-4H3,(H2,23,25,26). The second kappa shape index (κ2) is 9.44. The molecule has 0 saturated heterocycles. The summed E-state index contributed by atoms with van der Waals surface area (Å²) in [7, 11) is 5.77. The van der Waals surface area contributed by atoms with Gasteiger partial charge in [-0.15, -0.1) is 0 Å². The van der Waals surface area contributed by atoms with E-state index in [-0.39, 0.29) is 0 Å². The number of hydrogen-bond acceptors (Lipinski definition) is 4. The van der Waals surface area contributed by atoms with Gasteiger partial charge in [0.05, 0.1) is 6.61 Å². The van der Waals surface area contributed by atoms with Crippen LogP contribution in [0.2, 0.25) is 0 Å². The number of hydrogen-bond donors (Lipinski definition) is 2. The van der Waals surface area contributed by atoms with Crippen molar-refractivity contribution in [3.8, 4) is 5.75 Å². The molecule has 0 amide bonds. The zero-order valence-electron chi connectivity index (χ0n) is 17.3. The van der Waals surface area contributed by atoms with Crippen molar-refractivity contribution in [1.82, 2.24) is 15.6 Å². The average molecular weight is 382 g/mol. The number of guanidine groups is 1. The van der Waals surface area contributed by atoms with Crippen LogP contribution in [-0.4, -0.2) is 38.7 Å². The lowest BCUT2D eigenvalue weighted by Crippen LogP contribution is -2.36. The first-order valence-corrected chi connectivity index (χ1v) is 9.84. The SMILES string of the molecule is CN=C(NCc1ccnc(N(C)C)c1)NCc1ccc(C)cc1OCC1CC1. The number of ether oxygens (including phenoxy) is 1. The third-order valence-electron chi connectivity index (χ3n) is 4.79. The van der Waals surface area contributed by atoms with Crippen LogP contribution in [0.25, 0.3) is 0 Å². The normalized spacial score (nSPS) is 13.9. The van der Waals surface area contributed by atoms with E-state index >= 15 is 0 Å². The van der Waals surface area contributed by atoms with E-state index in [2.05, 4.69) is 51.8 Å². The topological polar surface area (TPSA) is 61.8 Å². The van der Waals surface area contributed by atoms with Gasteiger partial charge in [0.15, 0.2) is 5.96 Å². The van der Waals surface area contributed by atoms with Gasteiger partial charge < -0.3 is 20.3 Å². The fourth-order valence-corrected chi connectivity index (χ4v) is 2.83. The van der Waals surface area contributed by atoms with Crippen LogP contribution in [0.5, 0.6) is 5.75 Å².